The monoisotopic (exact) mass is 789 g/mol. The molecule has 3 atom stereocenters. The van der Waals surface area contributed by atoms with Gasteiger partial charge in [-0.1, -0.05) is 59.4 Å². The summed E-state index contributed by atoms with van der Waals surface area (Å²) in [5, 5.41) is 6.37. The van der Waals surface area contributed by atoms with Gasteiger partial charge in [0, 0.05) is 38.0 Å². The fourth-order valence-electron chi connectivity index (χ4n) is 4.37. The first-order valence-corrected chi connectivity index (χ1v) is 21.8. The minimum Gasteiger partial charge on any atom is -0.414 e. The molecule has 1 aliphatic rings. The lowest BCUT2D eigenvalue weighted by Crippen LogP contribution is -2.44. The Labute approximate surface area is 311 Å². The predicted octanol–water partition coefficient (Wildman–Crippen LogP) is 6.20. The number of aromatic nitrogens is 3. The van der Waals surface area contributed by atoms with Crippen LogP contribution >= 0.6 is 21.6 Å². The number of carbonyl (C=O) groups is 1. The van der Waals surface area contributed by atoms with Gasteiger partial charge in [-0.05, 0) is 45.8 Å². The van der Waals surface area contributed by atoms with Crippen LogP contribution in [0.15, 0.2) is 21.1 Å². The molecule has 3 rings (SSSR count). The van der Waals surface area contributed by atoms with Crippen LogP contribution < -0.4 is 10.9 Å². The standard InChI is InChI=1S/C33H50F3N7O6S2Si/c1-21(2)41-49-23-15-25(48-24(23)17-47-52(10,11)31(3,4)5)43-16-22(26-27(43)39-30(40-28(26)44)38-19-42(8)9)13-12-14-46-20-50-51-32(6,7)18-37-29(45)33(34,35)36/h16,19,23-25H,14-15,17-18,20H2,1-11H3,(H,37,45)(H,39,40,44)/t23?,24-,25-/m1/s1. The van der Waals surface area contributed by atoms with E-state index in [9.17, 15) is 22.8 Å². The molecule has 1 aliphatic heterocycles. The summed E-state index contributed by atoms with van der Waals surface area (Å²) in [6, 6.07) is 0. The molecular formula is C33H50F3N7O6S2Si. The summed E-state index contributed by atoms with van der Waals surface area (Å²) in [5.41, 5.74) is 1.06. The molecule has 2 aromatic heterocycles. The maximum Gasteiger partial charge on any atom is 0.471 e. The fraction of sp³-hybridized carbons (Fsp3) is 0.667. The van der Waals surface area contributed by atoms with Gasteiger partial charge in [-0.3, -0.25) is 14.6 Å². The van der Waals surface area contributed by atoms with Gasteiger partial charge >= 0.3 is 12.1 Å². The van der Waals surface area contributed by atoms with E-state index in [1.807, 2.05) is 19.2 Å². The molecule has 1 saturated heterocycles. The van der Waals surface area contributed by atoms with Gasteiger partial charge in [0.15, 0.2) is 20.1 Å². The van der Waals surface area contributed by atoms with E-state index >= 15 is 0 Å². The number of hydrogen-bond acceptors (Lipinski definition) is 11. The molecule has 13 nitrogen and oxygen atoms in total. The summed E-state index contributed by atoms with van der Waals surface area (Å²) in [5.74, 6) is 4.27. The molecule has 19 heteroatoms. The van der Waals surface area contributed by atoms with Crippen molar-refractivity contribution >= 4 is 64.8 Å². The second-order valence-corrected chi connectivity index (χ2v) is 22.5. The summed E-state index contributed by atoms with van der Waals surface area (Å²) >= 11 is 0. The quantitative estimate of drug-likeness (QED) is 0.0313. The van der Waals surface area contributed by atoms with Gasteiger partial charge in [0.1, 0.15) is 24.9 Å². The van der Waals surface area contributed by atoms with E-state index < -0.39 is 49.1 Å². The van der Waals surface area contributed by atoms with Crippen LogP contribution in [0.3, 0.4) is 0 Å². The number of carbonyl (C=O) groups excluding carboxylic acids is 1. The highest BCUT2D eigenvalue weighted by Gasteiger charge is 2.43. The Hall–Kier alpha value is -3.02. The first-order valence-electron chi connectivity index (χ1n) is 16.5. The zero-order valence-corrected chi connectivity index (χ0v) is 34.2. The van der Waals surface area contributed by atoms with E-state index in [-0.39, 0.29) is 35.5 Å². The second kappa shape index (κ2) is 17.9. The molecule has 3 heterocycles. The number of rotatable bonds is 15. The Bertz CT molecular complexity index is 1720. The van der Waals surface area contributed by atoms with Crippen molar-refractivity contribution in [3.8, 4) is 11.8 Å². The van der Waals surface area contributed by atoms with Gasteiger partial charge in [-0.25, -0.2) is 4.99 Å². The second-order valence-electron chi connectivity index (χ2n) is 14.8. The summed E-state index contributed by atoms with van der Waals surface area (Å²) < 4.78 is 57.3. The number of ether oxygens (including phenoxy) is 2. The smallest absolute Gasteiger partial charge is 0.414 e. The number of nitrogens with one attached hydrogen (secondary N) is 2. The highest BCUT2D eigenvalue weighted by atomic mass is 33.1. The van der Waals surface area contributed by atoms with Crippen LogP contribution in [0.1, 0.15) is 66.7 Å². The van der Waals surface area contributed by atoms with Crippen molar-refractivity contribution in [2.75, 3.05) is 39.8 Å². The molecule has 0 aliphatic carbocycles. The van der Waals surface area contributed by atoms with Crippen molar-refractivity contribution in [3.63, 3.8) is 0 Å². The molecule has 1 unspecified atom stereocenters. The van der Waals surface area contributed by atoms with Gasteiger partial charge in [0.05, 0.1) is 29.6 Å². The Kier molecular flexibility index (Phi) is 14.9. The summed E-state index contributed by atoms with van der Waals surface area (Å²) in [7, 11) is 4.04. The number of aromatic amines is 1. The third-order valence-corrected chi connectivity index (χ3v) is 15.6. The molecule has 1 fully saturated rings. The number of alkyl halides is 3. The summed E-state index contributed by atoms with van der Waals surface area (Å²) in [6.45, 7) is 18.1. The van der Waals surface area contributed by atoms with E-state index in [0.717, 1.165) is 5.71 Å². The minimum atomic E-state index is -4.93. The average molecular weight is 790 g/mol. The van der Waals surface area contributed by atoms with Crippen molar-refractivity contribution in [3.05, 3.63) is 22.1 Å². The SMILES string of the molecule is CC(C)=NOC1C[C@H](n2cc(C#CCOCSSC(C)(C)CNC(=O)C(F)(F)F)c3c(=O)[nH]c(N=CN(C)C)nc32)O[C@@H]1CO[Si](C)(C)C(C)(C)C. The number of amides is 1. The van der Waals surface area contributed by atoms with Crippen molar-refractivity contribution in [2.24, 2.45) is 10.1 Å². The van der Waals surface area contributed by atoms with E-state index in [1.54, 1.807) is 43.6 Å². The Morgan fingerprint density at radius 1 is 1.25 bits per heavy atom. The molecule has 0 aromatic carbocycles. The number of H-pyrrole nitrogens is 1. The maximum atomic E-state index is 13.4. The van der Waals surface area contributed by atoms with Crippen LogP contribution in [0.5, 0.6) is 0 Å². The van der Waals surface area contributed by atoms with E-state index in [0.29, 0.717) is 24.2 Å². The van der Waals surface area contributed by atoms with Crippen molar-refractivity contribution in [2.45, 2.75) is 102 Å². The maximum absolute atomic E-state index is 13.4. The number of nitrogens with zero attached hydrogens (tertiary/aromatic N) is 5. The molecule has 1 amide bonds. The third kappa shape index (κ3) is 12.5. The molecule has 290 valence electrons. The molecular weight excluding hydrogens is 740 g/mol. The molecule has 0 radical (unpaired) electrons. The first-order chi connectivity index (χ1) is 24.0. The minimum absolute atomic E-state index is 0.00525. The molecule has 52 heavy (non-hydrogen) atoms. The average Bonchev–Trinajstić information content (AvgIpc) is 3.60. The van der Waals surface area contributed by atoms with E-state index in [2.05, 4.69) is 65.8 Å². The lowest BCUT2D eigenvalue weighted by Gasteiger charge is -2.37. The van der Waals surface area contributed by atoms with Crippen LogP contribution in [0.4, 0.5) is 19.1 Å². The zero-order chi connectivity index (χ0) is 39.1. The van der Waals surface area contributed by atoms with Crippen LogP contribution in [-0.4, -0.2) is 109 Å². The first kappa shape index (κ1) is 43.4. The zero-order valence-electron chi connectivity index (χ0n) is 31.6. The summed E-state index contributed by atoms with van der Waals surface area (Å²) in [6.07, 6.45) is -2.75. The largest absolute Gasteiger partial charge is 0.471 e. The topological polar surface area (TPSA) is 145 Å². The Morgan fingerprint density at radius 2 is 1.94 bits per heavy atom. The predicted molar refractivity (Wildman–Crippen MR) is 204 cm³/mol. The fourth-order valence-corrected chi connectivity index (χ4v) is 7.51. The third-order valence-electron chi connectivity index (χ3n) is 8.10. The Morgan fingerprint density at radius 3 is 2.56 bits per heavy atom. The number of halogens is 3. The summed E-state index contributed by atoms with van der Waals surface area (Å²) in [4.78, 5) is 43.9. The highest BCUT2D eigenvalue weighted by molar-refractivity contribution is 8.77. The highest BCUT2D eigenvalue weighted by Crippen LogP contribution is 2.39. The molecule has 0 saturated carbocycles. The van der Waals surface area contributed by atoms with Crippen LogP contribution in [0.25, 0.3) is 11.0 Å². The molecule has 0 bridgehead atoms. The van der Waals surface area contributed by atoms with E-state index in [4.69, 9.17) is 18.7 Å². The molecule has 2 aromatic rings. The van der Waals surface area contributed by atoms with Gasteiger partial charge < -0.3 is 33.5 Å². The van der Waals surface area contributed by atoms with Gasteiger partial charge in [-0.2, -0.15) is 18.2 Å². The van der Waals surface area contributed by atoms with Gasteiger partial charge in [0.2, 0.25) is 5.95 Å². The number of fused-ring (bicyclic) bond motifs is 1. The van der Waals surface area contributed by atoms with Crippen molar-refractivity contribution in [1.82, 2.24) is 24.8 Å². The van der Waals surface area contributed by atoms with Crippen LogP contribution in [0, 0.1) is 11.8 Å². The van der Waals surface area contributed by atoms with Gasteiger partial charge in [0.25, 0.3) is 5.56 Å². The number of oxime groups is 1. The molecule has 2 N–H and O–H groups in total. The van der Waals surface area contributed by atoms with E-state index in [1.165, 1.54) is 27.9 Å². The lowest BCUT2D eigenvalue weighted by molar-refractivity contribution is -0.173. The van der Waals surface area contributed by atoms with Crippen LogP contribution in [-0.2, 0) is 23.5 Å². The van der Waals surface area contributed by atoms with Crippen molar-refractivity contribution < 1.29 is 36.7 Å². The van der Waals surface area contributed by atoms with Crippen molar-refractivity contribution in [1.29, 1.82) is 0 Å². The lowest BCUT2D eigenvalue weighted by atomic mass is 10.2. The number of hydrogen-bond donors (Lipinski definition) is 2. The van der Waals surface area contributed by atoms with Crippen LogP contribution in [0.2, 0.25) is 18.1 Å². The van der Waals surface area contributed by atoms with Gasteiger partial charge in [-0.15, -0.1) is 0 Å². The number of aliphatic imine (C=N–C) groups is 1. The normalized spacial score (nSPS) is 18.4. The Balaban J connectivity index is 1.83. The molecule has 0 spiro atoms.